The molecule has 1 aromatic carbocycles. The molecule has 0 unspecified atom stereocenters. The van der Waals surface area contributed by atoms with E-state index in [1.165, 1.54) is 13.2 Å². The Morgan fingerprint density at radius 1 is 1.43 bits per heavy atom. The van der Waals surface area contributed by atoms with Crippen LogP contribution in [0.5, 0.6) is 5.75 Å². The fraction of sp³-hybridized carbons (Fsp3) is 0.222. The normalized spacial score (nSPS) is 8.21. The van der Waals surface area contributed by atoms with Gasteiger partial charge < -0.3 is 10.5 Å². The van der Waals surface area contributed by atoms with Crippen LogP contribution in [0.25, 0.3) is 0 Å². The first-order valence-corrected chi connectivity index (χ1v) is 3.65. The molecule has 0 aliphatic heterocycles. The average Bonchev–Trinajstić information content (AvgIpc) is 2.12. The monoisotopic (exact) mass is 199 g/mol. The van der Waals surface area contributed by atoms with E-state index in [1.54, 1.807) is 13.0 Å². The Bertz CT molecular complexity index is 346. The number of rotatable bonds is 1. The number of ether oxygens (including phenoxy) is 1. The third-order valence-corrected chi connectivity index (χ3v) is 1.46. The van der Waals surface area contributed by atoms with Crippen molar-refractivity contribution >= 4 is 11.8 Å². The molecule has 0 radical (unpaired) electrons. The van der Waals surface area contributed by atoms with Gasteiger partial charge in [-0.25, -0.2) is 4.39 Å². The second kappa shape index (κ2) is 5.72. The minimum absolute atomic E-state index is 0.197. The van der Waals surface area contributed by atoms with Gasteiger partial charge in [0.05, 0.1) is 7.11 Å². The van der Waals surface area contributed by atoms with E-state index in [0.717, 1.165) is 0 Å². The zero-order chi connectivity index (χ0) is 11.1. The smallest absolute Gasteiger partial charge is 0.373 e. The summed E-state index contributed by atoms with van der Waals surface area (Å²) >= 11 is 0. The second-order valence-corrected chi connectivity index (χ2v) is 2.44. The van der Waals surface area contributed by atoms with Crippen LogP contribution >= 0.6 is 0 Å². The fourth-order valence-electron chi connectivity index (χ4n) is 0.913. The molecule has 5 heteroatoms. The van der Waals surface area contributed by atoms with Crippen molar-refractivity contribution in [2.24, 2.45) is 0 Å². The number of anilines is 1. The van der Waals surface area contributed by atoms with Crippen LogP contribution < -0.4 is 10.5 Å². The van der Waals surface area contributed by atoms with Crippen LogP contribution in [0.1, 0.15) is 5.56 Å². The summed E-state index contributed by atoms with van der Waals surface area (Å²) < 4.78 is 17.8. The van der Waals surface area contributed by atoms with Crippen LogP contribution in [-0.4, -0.2) is 13.3 Å². The van der Waals surface area contributed by atoms with Crippen LogP contribution in [0.2, 0.25) is 0 Å². The fourth-order valence-corrected chi connectivity index (χ4v) is 0.913. The first-order valence-electron chi connectivity index (χ1n) is 3.65. The van der Waals surface area contributed by atoms with Crippen molar-refractivity contribution in [3.8, 4) is 5.75 Å². The molecule has 0 aromatic heterocycles. The molecule has 0 saturated carbocycles. The highest BCUT2D eigenvalue weighted by Gasteiger charge is 2.05. The van der Waals surface area contributed by atoms with Gasteiger partial charge in [0.25, 0.3) is 0 Å². The van der Waals surface area contributed by atoms with E-state index in [4.69, 9.17) is 20.1 Å². The Morgan fingerprint density at radius 3 is 2.36 bits per heavy atom. The molecule has 2 N–H and O–H groups in total. The molecule has 0 amide bonds. The molecular formula is C9H10FNO3. The number of methoxy groups -OCH3 is 1. The van der Waals surface area contributed by atoms with Crippen molar-refractivity contribution in [1.29, 1.82) is 0 Å². The van der Waals surface area contributed by atoms with Crippen molar-refractivity contribution in [2.45, 2.75) is 6.92 Å². The molecule has 14 heavy (non-hydrogen) atoms. The molecule has 0 aliphatic carbocycles. The van der Waals surface area contributed by atoms with Crippen LogP contribution in [0.4, 0.5) is 10.1 Å². The molecule has 0 heterocycles. The Kier molecular flexibility index (Phi) is 4.96. The molecule has 1 aromatic rings. The number of benzene rings is 1. The van der Waals surface area contributed by atoms with Gasteiger partial charge in [-0.1, -0.05) is 0 Å². The van der Waals surface area contributed by atoms with E-state index >= 15 is 0 Å². The first-order chi connectivity index (χ1) is 6.56. The second-order valence-electron chi connectivity index (χ2n) is 2.44. The predicted octanol–water partition coefficient (Wildman–Crippen LogP) is 1.14. The van der Waals surface area contributed by atoms with Crippen LogP contribution in [0.15, 0.2) is 12.1 Å². The SMILES string of the molecule is COc1cc(N)cc(C)c1F.O=C=O. The summed E-state index contributed by atoms with van der Waals surface area (Å²) in [5.74, 6) is -0.149. The lowest BCUT2D eigenvalue weighted by molar-refractivity contribution is -0.191. The Labute approximate surface area is 80.5 Å². The van der Waals surface area contributed by atoms with Gasteiger partial charge in [-0.3, -0.25) is 0 Å². The van der Waals surface area contributed by atoms with Gasteiger partial charge in [-0.05, 0) is 18.6 Å². The lowest BCUT2D eigenvalue weighted by Gasteiger charge is -2.04. The number of nitrogens with two attached hydrogens (primary N) is 1. The van der Waals surface area contributed by atoms with Crippen molar-refractivity contribution in [3.05, 3.63) is 23.5 Å². The molecule has 76 valence electrons. The van der Waals surface area contributed by atoms with E-state index < -0.39 is 0 Å². The maximum Gasteiger partial charge on any atom is 0.373 e. The van der Waals surface area contributed by atoms with Gasteiger partial charge in [-0.2, -0.15) is 9.59 Å². The van der Waals surface area contributed by atoms with Gasteiger partial charge >= 0.3 is 6.15 Å². The largest absolute Gasteiger partial charge is 0.494 e. The van der Waals surface area contributed by atoms with Gasteiger partial charge in [0, 0.05) is 11.8 Å². The molecule has 0 aliphatic rings. The molecule has 4 nitrogen and oxygen atoms in total. The summed E-state index contributed by atoms with van der Waals surface area (Å²) in [4.78, 5) is 16.2. The lowest BCUT2D eigenvalue weighted by atomic mass is 10.2. The molecule has 0 fully saturated rings. The first kappa shape index (κ1) is 12.1. The number of hydrogen-bond donors (Lipinski definition) is 1. The molecular weight excluding hydrogens is 189 g/mol. The van der Waals surface area contributed by atoms with Gasteiger partial charge in [-0.15, -0.1) is 0 Å². The van der Waals surface area contributed by atoms with Crippen molar-refractivity contribution in [1.82, 2.24) is 0 Å². The number of carbonyl (C=O) groups excluding carboxylic acids is 2. The summed E-state index contributed by atoms with van der Waals surface area (Å²) in [6.07, 6.45) is 0.250. The third-order valence-electron chi connectivity index (χ3n) is 1.46. The predicted molar refractivity (Wildman–Crippen MR) is 47.1 cm³/mol. The zero-order valence-electron chi connectivity index (χ0n) is 7.83. The molecule has 1 rings (SSSR count). The van der Waals surface area contributed by atoms with E-state index in [0.29, 0.717) is 11.3 Å². The molecule has 0 atom stereocenters. The van der Waals surface area contributed by atoms with Crippen LogP contribution in [0.3, 0.4) is 0 Å². The summed E-state index contributed by atoms with van der Waals surface area (Å²) in [6.45, 7) is 1.65. The van der Waals surface area contributed by atoms with Crippen molar-refractivity contribution in [3.63, 3.8) is 0 Å². The third kappa shape index (κ3) is 3.25. The standard InChI is InChI=1S/C8H10FNO.CO2/c1-5-3-6(10)4-7(11-2)8(5)9;2-1-3/h3-4H,10H2,1-2H3;. The Balaban J connectivity index is 0.000000500. The summed E-state index contributed by atoms with van der Waals surface area (Å²) in [5.41, 5.74) is 6.47. The van der Waals surface area contributed by atoms with Crippen LogP contribution in [-0.2, 0) is 9.59 Å². The summed E-state index contributed by atoms with van der Waals surface area (Å²) in [7, 11) is 1.41. The number of hydrogen-bond acceptors (Lipinski definition) is 4. The summed E-state index contributed by atoms with van der Waals surface area (Å²) in [6, 6.07) is 3.03. The van der Waals surface area contributed by atoms with Crippen molar-refractivity contribution < 1.29 is 18.7 Å². The van der Waals surface area contributed by atoms with Gasteiger partial charge in [0.1, 0.15) is 0 Å². The summed E-state index contributed by atoms with van der Waals surface area (Å²) in [5, 5.41) is 0. The zero-order valence-corrected chi connectivity index (χ0v) is 7.83. The average molecular weight is 199 g/mol. The van der Waals surface area contributed by atoms with E-state index in [2.05, 4.69) is 0 Å². The molecule has 0 spiro atoms. The highest BCUT2D eigenvalue weighted by Crippen LogP contribution is 2.23. The minimum Gasteiger partial charge on any atom is -0.494 e. The molecule has 0 bridgehead atoms. The Morgan fingerprint density at radius 2 is 1.93 bits per heavy atom. The Hall–Kier alpha value is -1.87. The highest BCUT2D eigenvalue weighted by molar-refractivity contribution is 5.48. The number of halogens is 1. The number of aryl methyl sites for hydroxylation is 1. The van der Waals surface area contributed by atoms with Gasteiger partial charge in [0.2, 0.25) is 0 Å². The molecule has 0 saturated heterocycles. The topological polar surface area (TPSA) is 69.4 Å². The maximum atomic E-state index is 13.0. The van der Waals surface area contributed by atoms with Crippen LogP contribution in [0, 0.1) is 12.7 Å². The quantitative estimate of drug-likeness (QED) is 0.688. The minimum atomic E-state index is -0.346. The maximum absolute atomic E-state index is 13.0. The van der Waals surface area contributed by atoms with E-state index in [9.17, 15) is 4.39 Å². The lowest BCUT2D eigenvalue weighted by Crippen LogP contribution is -1.94. The number of nitrogen functional groups attached to an aromatic ring is 1. The van der Waals surface area contributed by atoms with E-state index in [-0.39, 0.29) is 17.7 Å². The van der Waals surface area contributed by atoms with Gasteiger partial charge in [0.15, 0.2) is 11.6 Å². The van der Waals surface area contributed by atoms with E-state index in [1.807, 2.05) is 0 Å². The van der Waals surface area contributed by atoms with Crippen molar-refractivity contribution in [2.75, 3.05) is 12.8 Å². The highest BCUT2D eigenvalue weighted by atomic mass is 19.1.